The molecule has 0 bridgehead atoms. The Bertz CT molecular complexity index is 143. The molecule has 0 heterocycles. The van der Waals surface area contributed by atoms with Gasteiger partial charge in [0.1, 0.15) is 0 Å². The molecule has 0 aliphatic heterocycles. The first-order chi connectivity index (χ1) is 6.74. The largest absolute Gasteiger partial charge is 0.465 e. The Kier molecular flexibility index (Phi) is 8.70. The Hall–Kier alpha value is -0.530. The Morgan fingerprint density at radius 2 is 2.14 bits per heavy atom. The van der Waals surface area contributed by atoms with E-state index in [0.717, 1.165) is 6.42 Å². The molecule has 0 rings (SSSR count). The van der Waals surface area contributed by atoms with Gasteiger partial charge in [-0.3, -0.25) is 4.79 Å². The molecule has 2 heteroatoms. The molecule has 2 nitrogen and oxygen atoms in total. The molecular formula is C12H23O2. The lowest BCUT2D eigenvalue weighted by atomic mass is 10.0. The highest BCUT2D eigenvalue weighted by molar-refractivity contribution is 5.69. The predicted octanol–water partition coefficient (Wildman–Crippen LogP) is 3.36. The lowest BCUT2D eigenvalue weighted by molar-refractivity contribution is -0.145. The summed E-state index contributed by atoms with van der Waals surface area (Å²) >= 11 is 0. The number of carbonyl (C=O) groups excluding carboxylic acids is 1. The summed E-state index contributed by atoms with van der Waals surface area (Å²) in [7, 11) is 0. The molecular weight excluding hydrogens is 176 g/mol. The Morgan fingerprint density at radius 1 is 1.43 bits per heavy atom. The number of esters is 1. The molecule has 0 amide bonds. The van der Waals surface area contributed by atoms with Gasteiger partial charge in [0.25, 0.3) is 0 Å². The first-order valence-electron chi connectivity index (χ1n) is 5.69. The van der Waals surface area contributed by atoms with Gasteiger partial charge >= 0.3 is 5.97 Å². The molecule has 1 atom stereocenters. The van der Waals surface area contributed by atoms with Crippen LogP contribution in [-0.4, -0.2) is 12.6 Å². The van der Waals surface area contributed by atoms with E-state index in [-0.39, 0.29) is 5.97 Å². The second-order valence-electron chi connectivity index (χ2n) is 3.70. The Labute approximate surface area is 88.0 Å². The van der Waals surface area contributed by atoms with Crippen LogP contribution in [0.3, 0.4) is 0 Å². The van der Waals surface area contributed by atoms with Crippen molar-refractivity contribution in [2.45, 2.75) is 52.4 Å². The van der Waals surface area contributed by atoms with Crippen LogP contribution in [0.15, 0.2) is 0 Å². The van der Waals surface area contributed by atoms with Crippen LogP contribution in [-0.2, 0) is 9.53 Å². The number of carbonyl (C=O) groups is 1. The number of rotatable bonds is 8. The van der Waals surface area contributed by atoms with Gasteiger partial charge in [0, 0.05) is 6.42 Å². The van der Waals surface area contributed by atoms with Crippen molar-refractivity contribution < 1.29 is 9.53 Å². The fourth-order valence-corrected chi connectivity index (χ4v) is 1.33. The Balaban J connectivity index is 3.55. The van der Waals surface area contributed by atoms with Crippen LogP contribution in [0.25, 0.3) is 0 Å². The summed E-state index contributed by atoms with van der Waals surface area (Å²) in [6, 6.07) is 0. The van der Waals surface area contributed by atoms with Gasteiger partial charge in [0.2, 0.25) is 0 Å². The van der Waals surface area contributed by atoms with Gasteiger partial charge in [-0.2, -0.15) is 0 Å². The molecule has 14 heavy (non-hydrogen) atoms. The molecule has 0 aromatic carbocycles. The van der Waals surface area contributed by atoms with E-state index in [9.17, 15) is 4.79 Å². The smallest absolute Gasteiger partial charge is 0.305 e. The number of unbranched alkanes of at least 4 members (excludes halogenated alkanes) is 1. The van der Waals surface area contributed by atoms with E-state index in [0.29, 0.717) is 25.4 Å². The molecule has 1 unspecified atom stereocenters. The lowest BCUT2D eigenvalue weighted by Gasteiger charge is -2.14. The van der Waals surface area contributed by atoms with Gasteiger partial charge in [-0.25, -0.2) is 0 Å². The molecule has 0 spiro atoms. The van der Waals surface area contributed by atoms with Crippen LogP contribution >= 0.6 is 0 Å². The average Bonchev–Trinajstić information content (AvgIpc) is 2.19. The molecule has 0 fully saturated rings. The molecule has 0 saturated heterocycles. The van der Waals surface area contributed by atoms with Crippen molar-refractivity contribution in [1.82, 2.24) is 0 Å². The van der Waals surface area contributed by atoms with Gasteiger partial charge in [-0.1, -0.05) is 40.0 Å². The van der Waals surface area contributed by atoms with Gasteiger partial charge < -0.3 is 4.74 Å². The normalized spacial score (nSPS) is 12.5. The van der Waals surface area contributed by atoms with Gasteiger partial charge in [-0.15, -0.1) is 0 Å². The van der Waals surface area contributed by atoms with Crippen molar-refractivity contribution in [3.05, 3.63) is 6.92 Å². The van der Waals surface area contributed by atoms with Crippen molar-refractivity contribution in [3.8, 4) is 0 Å². The van der Waals surface area contributed by atoms with E-state index in [1.165, 1.54) is 19.3 Å². The minimum atomic E-state index is -0.102. The summed E-state index contributed by atoms with van der Waals surface area (Å²) in [5.41, 5.74) is 0. The molecule has 0 aromatic rings. The van der Waals surface area contributed by atoms with Crippen LogP contribution in [0.2, 0.25) is 0 Å². The number of hydrogen-bond acceptors (Lipinski definition) is 2. The maximum absolute atomic E-state index is 11.1. The Morgan fingerprint density at radius 3 is 2.64 bits per heavy atom. The highest BCUT2D eigenvalue weighted by Crippen LogP contribution is 2.13. The SMILES string of the molecule is [CH2]CCC(=O)OCC(CC)CCCC. The quantitative estimate of drug-likeness (QED) is 0.560. The third kappa shape index (κ3) is 6.93. The summed E-state index contributed by atoms with van der Waals surface area (Å²) in [5.74, 6) is 0.443. The third-order valence-electron chi connectivity index (χ3n) is 2.40. The second kappa shape index (κ2) is 9.04. The average molecular weight is 199 g/mol. The molecule has 0 N–H and O–H groups in total. The van der Waals surface area contributed by atoms with Crippen molar-refractivity contribution in [3.63, 3.8) is 0 Å². The minimum Gasteiger partial charge on any atom is -0.465 e. The van der Waals surface area contributed by atoms with Crippen LogP contribution in [0.1, 0.15) is 52.4 Å². The maximum atomic E-state index is 11.1. The molecule has 0 aromatic heterocycles. The van der Waals surface area contributed by atoms with E-state index in [1.54, 1.807) is 0 Å². The van der Waals surface area contributed by atoms with Gasteiger partial charge in [-0.05, 0) is 18.8 Å². The van der Waals surface area contributed by atoms with Crippen LogP contribution in [0, 0.1) is 12.8 Å². The van der Waals surface area contributed by atoms with E-state index >= 15 is 0 Å². The number of hydrogen-bond donors (Lipinski definition) is 0. The first kappa shape index (κ1) is 13.5. The molecule has 0 saturated carbocycles. The van der Waals surface area contributed by atoms with E-state index in [2.05, 4.69) is 20.8 Å². The van der Waals surface area contributed by atoms with E-state index in [1.807, 2.05) is 0 Å². The van der Waals surface area contributed by atoms with E-state index in [4.69, 9.17) is 4.74 Å². The predicted molar refractivity (Wildman–Crippen MR) is 58.9 cm³/mol. The maximum Gasteiger partial charge on any atom is 0.305 e. The highest BCUT2D eigenvalue weighted by Gasteiger charge is 2.08. The van der Waals surface area contributed by atoms with Crippen molar-refractivity contribution in [2.75, 3.05) is 6.61 Å². The third-order valence-corrected chi connectivity index (χ3v) is 2.40. The van der Waals surface area contributed by atoms with Crippen molar-refractivity contribution in [2.24, 2.45) is 5.92 Å². The molecule has 1 radical (unpaired) electrons. The summed E-state index contributed by atoms with van der Waals surface area (Å²) in [4.78, 5) is 11.1. The van der Waals surface area contributed by atoms with Crippen molar-refractivity contribution in [1.29, 1.82) is 0 Å². The zero-order chi connectivity index (χ0) is 10.8. The van der Waals surface area contributed by atoms with Crippen LogP contribution in [0.5, 0.6) is 0 Å². The zero-order valence-corrected chi connectivity index (χ0v) is 9.55. The summed E-state index contributed by atoms with van der Waals surface area (Å²) in [6.45, 7) is 8.54. The highest BCUT2D eigenvalue weighted by atomic mass is 16.5. The second-order valence-corrected chi connectivity index (χ2v) is 3.70. The summed E-state index contributed by atoms with van der Waals surface area (Å²) < 4.78 is 5.15. The van der Waals surface area contributed by atoms with E-state index < -0.39 is 0 Å². The fourth-order valence-electron chi connectivity index (χ4n) is 1.33. The monoisotopic (exact) mass is 199 g/mol. The number of ether oxygens (including phenoxy) is 1. The first-order valence-corrected chi connectivity index (χ1v) is 5.69. The molecule has 83 valence electrons. The standard InChI is InChI=1S/C12H23O2/c1-4-7-9-11(6-3)10-14-12(13)8-5-2/h11H,2,4-10H2,1,3H3. The lowest BCUT2D eigenvalue weighted by Crippen LogP contribution is -2.13. The zero-order valence-electron chi connectivity index (χ0n) is 9.55. The van der Waals surface area contributed by atoms with Crippen molar-refractivity contribution >= 4 is 5.97 Å². The molecule has 0 aliphatic rings. The molecule has 0 aliphatic carbocycles. The minimum absolute atomic E-state index is 0.102. The topological polar surface area (TPSA) is 26.3 Å². The summed E-state index contributed by atoms with van der Waals surface area (Å²) in [5, 5.41) is 0. The van der Waals surface area contributed by atoms with Gasteiger partial charge in [0.05, 0.1) is 6.61 Å². The van der Waals surface area contributed by atoms with Gasteiger partial charge in [0.15, 0.2) is 0 Å². The summed E-state index contributed by atoms with van der Waals surface area (Å²) in [6.07, 6.45) is 5.78. The fraction of sp³-hybridized carbons (Fsp3) is 0.833. The van der Waals surface area contributed by atoms with Crippen LogP contribution < -0.4 is 0 Å². The van der Waals surface area contributed by atoms with Crippen LogP contribution in [0.4, 0.5) is 0 Å².